The molecule has 0 aliphatic rings. The number of fused-ring (bicyclic) bond motifs is 1. The molecule has 0 spiro atoms. The van der Waals surface area contributed by atoms with E-state index in [0.717, 1.165) is 6.26 Å². The van der Waals surface area contributed by atoms with Crippen LogP contribution >= 0.6 is 0 Å². The third kappa shape index (κ3) is 3.74. The number of carbonyl (C=O) groups is 1. The Labute approximate surface area is 143 Å². The van der Waals surface area contributed by atoms with Crippen LogP contribution in [-0.4, -0.2) is 30.0 Å². The average Bonchev–Trinajstić information content (AvgIpc) is 2.59. The van der Waals surface area contributed by atoms with Gasteiger partial charge in [0.15, 0.2) is 9.84 Å². The van der Waals surface area contributed by atoms with E-state index in [-0.39, 0.29) is 22.6 Å². The SMILES string of the molecule is CS(=O)(=O)c1ccc(C(=O)OCc2cc(=O)n3ccccc3n2)cc1. The molecule has 0 amide bonds. The third-order valence-corrected chi connectivity index (χ3v) is 4.62. The van der Waals surface area contributed by atoms with E-state index < -0.39 is 15.8 Å². The van der Waals surface area contributed by atoms with Crippen LogP contribution in [0.3, 0.4) is 0 Å². The van der Waals surface area contributed by atoms with Gasteiger partial charge in [-0.1, -0.05) is 6.07 Å². The molecule has 0 unspecified atom stereocenters. The molecule has 8 heteroatoms. The first kappa shape index (κ1) is 16.8. The van der Waals surface area contributed by atoms with Gasteiger partial charge in [-0.25, -0.2) is 18.2 Å². The predicted octanol–water partition coefficient (Wildman–Crippen LogP) is 1.46. The summed E-state index contributed by atoms with van der Waals surface area (Å²) >= 11 is 0. The summed E-state index contributed by atoms with van der Waals surface area (Å²) < 4.78 is 29.3. The lowest BCUT2D eigenvalue weighted by atomic mass is 10.2. The number of rotatable bonds is 4. The monoisotopic (exact) mass is 358 g/mol. The molecule has 0 aliphatic heterocycles. The number of aromatic nitrogens is 2. The summed E-state index contributed by atoms with van der Waals surface area (Å²) in [7, 11) is -3.33. The van der Waals surface area contributed by atoms with Crippen LogP contribution in [0.25, 0.3) is 5.65 Å². The van der Waals surface area contributed by atoms with E-state index in [2.05, 4.69) is 4.98 Å². The molecule has 2 aromatic heterocycles. The van der Waals surface area contributed by atoms with Crippen LogP contribution in [0.2, 0.25) is 0 Å². The van der Waals surface area contributed by atoms with E-state index in [1.165, 1.54) is 34.7 Å². The minimum atomic E-state index is -3.33. The van der Waals surface area contributed by atoms with Crippen LogP contribution < -0.4 is 5.56 Å². The zero-order chi connectivity index (χ0) is 18.0. The number of hydrogen-bond donors (Lipinski definition) is 0. The van der Waals surface area contributed by atoms with Gasteiger partial charge < -0.3 is 4.74 Å². The normalized spacial score (nSPS) is 11.4. The first-order valence-corrected chi connectivity index (χ1v) is 9.18. The summed E-state index contributed by atoms with van der Waals surface area (Å²) in [6.45, 7) is -0.159. The smallest absolute Gasteiger partial charge is 0.338 e. The lowest BCUT2D eigenvalue weighted by molar-refractivity contribution is 0.0467. The highest BCUT2D eigenvalue weighted by Crippen LogP contribution is 2.12. The van der Waals surface area contributed by atoms with E-state index in [9.17, 15) is 18.0 Å². The summed E-state index contributed by atoms with van der Waals surface area (Å²) in [6, 6.07) is 11.9. The van der Waals surface area contributed by atoms with Crippen molar-refractivity contribution in [1.29, 1.82) is 0 Å². The molecule has 0 fully saturated rings. The van der Waals surface area contributed by atoms with Gasteiger partial charge in [0.05, 0.1) is 16.2 Å². The van der Waals surface area contributed by atoms with Gasteiger partial charge in [0.1, 0.15) is 12.3 Å². The van der Waals surface area contributed by atoms with Gasteiger partial charge in [0, 0.05) is 18.5 Å². The van der Waals surface area contributed by atoms with E-state index in [4.69, 9.17) is 4.74 Å². The Morgan fingerprint density at radius 1 is 1.16 bits per heavy atom. The van der Waals surface area contributed by atoms with Crippen LogP contribution in [0.5, 0.6) is 0 Å². The molecule has 7 nitrogen and oxygen atoms in total. The van der Waals surface area contributed by atoms with Crippen LogP contribution in [-0.2, 0) is 21.2 Å². The standard InChI is InChI=1S/C17H14N2O5S/c1-25(22,23)14-7-5-12(6-8-14)17(21)24-11-13-10-16(20)19-9-3-2-4-15(19)18-13/h2-10H,11H2,1H3. The van der Waals surface area contributed by atoms with E-state index in [1.54, 1.807) is 24.4 Å². The molecule has 3 aromatic rings. The fraction of sp³-hybridized carbons (Fsp3) is 0.118. The van der Waals surface area contributed by atoms with Crippen molar-refractivity contribution in [1.82, 2.24) is 9.38 Å². The minimum Gasteiger partial charge on any atom is -0.456 e. The molecule has 0 aliphatic carbocycles. The van der Waals surface area contributed by atoms with Crippen molar-refractivity contribution >= 4 is 21.5 Å². The van der Waals surface area contributed by atoms with Crippen LogP contribution in [0.15, 0.2) is 64.4 Å². The number of nitrogens with zero attached hydrogens (tertiary/aromatic N) is 2. The summed E-state index contributed by atoms with van der Waals surface area (Å²) in [5.74, 6) is -0.630. The molecule has 25 heavy (non-hydrogen) atoms. The van der Waals surface area contributed by atoms with Crippen molar-refractivity contribution in [2.75, 3.05) is 6.26 Å². The summed E-state index contributed by atoms with van der Waals surface area (Å²) in [5.41, 5.74) is 0.731. The van der Waals surface area contributed by atoms with Gasteiger partial charge in [-0.15, -0.1) is 0 Å². The van der Waals surface area contributed by atoms with Crippen molar-refractivity contribution < 1.29 is 17.9 Å². The lowest BCUT2D eigenvalue weighted by Crippen LogP contribution is -2.16. The Balaban J connectivity index is 1.75. The van der Waals surface area contributed by atoms with Crippen LogP contribution in [0.4, 0.5) is 0 Å². The van der Waals surface area contributed by atoms with E-state index >= 15 is 0 Å². The molecule has 2 heterocycles. The second-order valence-electron chi connectivity index (χ2n) is 5.39. The Bertz CT molecular complexity index is 1100. The van der Waals surface area contributed by atoms with Gasteiger partial charge >= 0.3 is 5.97 Å². The molecule has 0 saturated heterocycles. The third-order valence-electron chi connectivity index (χ3n) is 3.49. The first-order valence-electron chi connectivity index (χ1n) is 7.29. The maximum Gasteiger partial charge on any atom is 0.338 e. The molecule has 0 atom stereocenters. The molecule has 0 radical (unpaired) electrons. The minimum absolute atomic E-state index is 0.119. The Morgan fingerprint density at radius 2 is 1.88 bits per heavy atom. The number of hydrogen-bond acceptors (Lipinski definition) is 6. The van der Waals surface area contributed by atoms with E-state index in [1.807, 2.05) is 0 Å². The maximum atomic E-state index is 12.0. The molecular weight excluding hydrogens is 344 g/mol. The largest absolute Gasteiger partial charge is 0.456 e. The highest BCUT2D eigenvalue weighted by Gasteiger charge is 2.12. The van der Waals surface area contributed by atoms with Crippen molar-refractivity contribution in [3.8, 4) is 0 Å². The fourth-order valence-electron chi connectivity index (χ4n) is 2.24. The molecule has 3 rings (SSSR count). The lowest BCUT2D eigenvalue weighted by Gasteiger charge is -2.06. The predicted molar refractivity (Wildman–Crippen MR) is 90.1 cm³/mol. The quantitative estimate of drug-likeness (QED) is 0.655. The number of pyridine rings is 1. The number of carbonyl (C=O) groups excluding carboxylic acids is 1. The van der Waals surface area contributed by atoms with Crippen LogP contribution in [0, 0.1) is 0 Å². The van der Waals surface area contributed by atoms with Gasteiger partial charge in [-0.05, 0) is 36.4 Å². The molecule has 0 N–H and O–H groups in total. The summed E-state index contributed by atoms with van der Waals surface area (Å²) in [5, 5.41) is 0. The van der Waals surface area contributed by atoms with Gasteiger partial charge in [0.2, 0.25) is 0 Å². The summed E-state index contributed by atoms with van der Waals surface area (Å²) in [6.07, 6.45) is 2.69. The van der Waals surface area contributed by atoms with Gasteiger partial charge in [0.25, 0.3) is 5.56 Å². The zero-order valence-corrected chi connectivity index (χ0v) is 14.1. The highest BCUT2D eigenvalue weighted by molar-refractivity contribution is 7.90. The number of ether oxygens (including phenoxy) is 1. The molecule has 0 saturated carbocycles. The van der Waals surface area contributed by atoms with E-state index in [0.29, 0.717) is 11.3 Å². The molecule has 128 valence electrons. The second-order valence-corrected chi connectivity index (χ2v) is 7.40. The maximum absolute atomic E-state index is 12.0. The van der Waals surface area contributed by atoms with Crippen molar-refractivity contribution in [3.63, 3.8) is 0 Å². The Morgan fingerprint density at radius 3 is 2.56 bits per heavy atom. The molecule has 1 aromatic carbocycles. The number of sulfone groups is 1. The molecular formula is C17H14N2O5S. The topological polar surface area (TPSA) is 94.8 Å². The van der Waals surface area contributed by atoms with Crippen molar-refractivity contribution in [2.24, 2.45) is 0 Å². The van der Waals surface area contributed by atoms with Gasteiger partial charge in [-0.2, -0.15) is 0 Å². The summed E-state index contributed by atoms with van der Waals surface area (Å²) in [4.78, 5) is 28.4. The Kier molecular flexibility index (Phi) is 4.37. The Hall–Kier alpha value is -3.00. The highest BCUT2D eigenvalue weighted by atomic mass is 32.2. The fourth-order valence-corrected chi connectivity index (χ4v) is 2.87. The van der Waals surface area contributed by atoms with Crippen molar-refractivity contribution in [2.45, 2.75) is 11.5 Å². The average molecular weight is 358 g/mol. The number of benzene rings is 1. The number of esters is 1. The first-order chi connectivity index (χ1) is 11.8. The molecule has 0 bridgehead atoms. The van der Waals surface area contributed by atoms with Crippen LogP contribution in [0.1, 0.15) is 16.1 Å². The second kappa shape index (κ2) is 6.48. The van der Waals surface area contributed by atoms with Crippen molar-refractivity contribution in [3.05, 3.63) is 76.3 Å². The van der Waals surface area contributed by atoms with Gasteiger partial charge in [-0.3, -0.25) is 9.20 Å². The zero-order valence-electron chi connectivity index (χ0n) is 13.2.